The van der Waals surface area contributed by atoms with E-state index in [1.165, 1.54) is 6.07 Å². The Balaban J connectivity index is 1.73. The van der Waals surface area contributed by atoms with Crippen molar-refractivity contribution in [2.24, 2.45) is 0 Å². The van der Waals surface area contributed by atoms with Gasteiger partial charge in [-0.1, -0.05) is 24.3 Å². The number of H-pyrrole nitrogens is 1. The van der Waals surface area contributed by atoms with E-state index in [-0.39, 0.29) is 11.4 Å². The predicted molar refractivity (Wildman–Crippen MR) is 103 cm³/mol. The van der Waals surface area contributed by atoms with Crippen molar-refractivity contribution in [2.75, 3.05) is 25.4 Å². The van der Waals surface area contributed by atoms with Crippen LogP contribution in [0, 0.1) is 5.82 Å². The highest BCUT2D eigenvalue weighted by Crippen LogP contribution is 2.54. The lowest BCUT2D eigenvalue weighted by molar-refractivity contribution is 0.576. The van der Waals surface area contributed by atoms with Crippen LogP contribution in [0.2, 0.25) is 0 Å². The summed E-state index contributed by atoms with van der Waals surface area (Å²) < 4.78 is 14.4. The maximum atomic E-state index is 14.4. The van der Waals surface area contributed by atoms with Crippen molar-refractivity contribution in [3.05, 3.63) is 69.9 Å². The second-order valence-electron chi connectivity index (χ2n) is 6.63. The van der Waals surface area contributed by atoms with Crippen LogP contribution in [0.5, 0.6) is 0 Å². The molecule has 4 rings (SSSR count). The van der Waals surface area contributed by atoms with Gasteiger partial charge in [0, 0.05) is 24.9 Å². The Hall–Kier alpha value is -2.14. The minimum absolute atomic E-state index is 0.223. The number of hydrogen-bond donors (Lipinski definition) is 3. The Morgan fingerprint density at radius 3 is 2.62 bits per heavy atom. The van der Waals surface area contributed by atoms with Gasteiger partial charge >= 0.3 is 0 Å². The zero-order valence-corrected chi connectivity index (χ0v) is 15.1. The zero-order chi connectivity index (χ0) is 18.1. The molecule has 0 atom stereocenters. The van der Waals surface area contributed by atoms with Gasteiger partial charge in [-0.15, -0.1) is 0 Å². The van der Waals surface area contributed by atoms with Crippen LogP contribution in [0.3, 0.4) is 0 Å². The number of nitrogens with zero attached hydrogens (tertiary/aromatic N) is 1. The number of rotatable bonds is 3. The summed E-state index contributed by atoms with van der Waals surface area (Å²) in [4.78, 5) is 22.9. The molecule has 0 radical (unpaired) electrons. The van der Waals surface area contributed by atoms with Crippen LogP contribution in [-0.2, 0) is 6.42 Å². The zero-order valence-electron chi connectivity index (χ0n) is 14.2. The van der Waals surface area contributed by atoms with E-state index in [4.69, 9.17) is 0 Å². The van der Waals surface area contributed by atoms with Gasteiger partial charge in [0.1, 0.15) is 12.3 Å². The first-order valence-corrected chi connectivity index (χ1v) is 10.7. The molecule has 0 unspecified atom stereocenters. The van der Waals surface area contributed by atoms with Crippen LogP contribution in [0.4, 0.5) is 4.39 Å². The molecule has 3 N–H and O–H groups in total. The minimum Gasteiger partial charge on any atom is -0.309 e. The average molecular weight is 372 g/mol. The molecule has 0 amide bonds. The third kappa shape index (κ3) is 3.16. The molecular formula is C19H20FN3O2P+. The first-order valence-electron chi connectivity index (χ1n) is 8.63. The first-order chi connectivity index (χ1) is 12.6. The molecule has 0 spiro atoms. The standard InChI is InChI=1S/C19H19FN3O2P/c20-16-6-5-13(12-18(16)26(25)9-7-21-8-10-26)11-17-14-3-1-2-4-15(14)19(24)23-22-17/h1-6,12,21,25H,7-11H2/p+1. The molecule has 134 valence electrons. The fourth-order valence-electron chi connectivity index (χ4n) is 3.49. The number of fused-ring (bicyclic) bond motifs is 1. The molecule has 26 heavy (non-hydrogen) atoms. The van der Waals surface area contributed by atoms with Crippen molar-refractivity contribution >= 4 is 23.6 Å². The molecule has 2 heterocycles. The smallest absolute Gasteiger partial charge is 0.272 e. The summed E-state index contributed by atoms with van der Waals surface area (Å²) in [6.07, 6.45) is 1.64. The Bertz CT molecular complexity index is 1020. The summed E-state index contributed by atoms with van der Waals surface area (Å²) >= 11 is 0. The van der Waals surface area contributed by atoms with Crippen molar-refractivity contribution in [3.63, 3.8) is 0 Å². The van der Waals surface area contributed by atoms with Crippen molar-refractivity contribution in [3.8, 4) is 0 Å². The quantitative estimate of drug-likeness (QED) is 0.613. The first kappa shape index (κ1) is 17.3. The van der Waals surface area contributed by atoms with E-state index in [2.05, 4.69) is 15.5 Å². The molecule has 7 heteroatoms. The van der Waals surface area contributed by atoms with Crippen molar-refractivity contribution < 1.29 is 9.28 Å². The number of halogens is 1. The highest BCUT2D eigenvalue weighted by atomic mass is 31.2. The van der Waals surface area contributed by atoms with E-state index in [9.17, 15) is 14.1 Å². The Kier molecular flexibility index (Phi) is 4.57. The van der Waals surface area contributed by atoms with Crippen LogP contribution in [0.25, 0.3) is 10.8 Å². The second kappa shape index (κ2) is 6.88. The number of aromatic nitrogens is 2. The van der Waals surface area contributed by atoms with Crippen LogP contribution in [0.1, 0.15) is 11.3 Å². The lowest BCUT2D eigenvalue weighted by Crippen LogP contribution is -2.36. The second-order valence-corrected chi connectivity index (χ2v) is 9.85. The van der Waals surface area contributed by atoms with Gasteiger partial charge in [-0.25, -0.2) is 14.4 Å². The SMILES string of the molecule is O=c1[nH]nc(Cc2ccc(F)c([P+]3(O)CCNCC3)c2)c2ccccc12. The maximum absolute atomic E-state index is 14.4. The van der Waals surface area contributed by atoms with E-state index in [1.807, 2.05) is 18.2 Å². The van der Waals surface area contributed by atoms with Gasteiger partial charge in [-0.05, 0) is 23.8 Å². The molecule has 0 saturated carbocycles. The Morgan fingerprint density at radius 2 is 1.85 bits per heavy atom. The van der Waals surface area contributed by atoms with Crippen LogP contribution in [-0.4, -0.2) is 40.5 Å². The molecule has 0 bridgehead atoms. The molecule has 1 aliphatic heterocycles. The Labute approximate surface area is 150 Å². The summed E-state index contributed by atoms with van der Waals surface area (Å²) in [7, 11) is -2.46. The third-order valence-electron chi connectivity index (χ3n) is 4.92. The molecule has 1 saturated heterocycles. The van der Waals surface area contributed by atoms with Gasteiger partial charge < -0.3 is 5.32 Å². The lowest BCUT2D eigenvalue weighted by atomic mass is 10.0. The largest absolute Gasteiger partial charge is 0.309 e. The molecule has 0 aliphatic carbocycles. The number of hydrogen-bond acceptors (Lipinski definition) is 4. The molecule has 1 fully saturated rings. The van der Waals surface area contributed by atoms with E-state index in [1.54, 1.807) is 18.2 Å². The van der Waals surface area contributed by atoms with E-state index >= 15 is 0 Å². The van der Waals surface area contributed by atoms with Gasteiger partial charge in [0.05, 0.1) is 11.1 Å². The van der Waals surface area contributed by atoms with Crippen LogP contribution >= 0.6 is 7.49 Å². The fraction of sp³-hybridized carbons (Fsp3) is 0.263. The normalized spacial score (nSPS) is 16.7. The highest BCUT2D eigenvalue weighted by Gasteiger charge is 2.42. The predicted octanol–water partition coefficient (Wildman–Crippen LogP) is 1.81. The molecule has 3 aromatic rings. The molecular weight excluding hydrogens is 352 g/mol. The summed E-state index contributed by atoms with van der Waals surface area (Å²) in [5.74, 6) is -0.342. The van der Waals surface area contributed by atoms with Gasteiger partial charge in [0.25, 0.3) is 5.56 Å². The number of nitrogens with one attached hydrogen (secondary N) is 2. The topological polar surface area (TPSA) is 78.0 Å². The fourth-order valence-corrected chi connectivity index (χ4v) is 6.13. The highest BCUT2D eigenvalue weighted by molar-refractivity contribution is 7.77. The van der Waals surface area contributed by atoms with Crippen molar-refractivity contribution in [1.29, 1.82) is 0 Å². The number of aromatic amines is 1. The molecule has 5 nitrogen and oxygen atoms in total. The number of benzene rings is 2. The molecule has 1 aliphatic rings. The van der Waals surface area contributed by atoms with Gasteiger partial charge in [0.15, 0.2) is 18.6 Å². The van der Waals surface area contributed by atoms with E-state index in [0.29, 0.717) is 42.5 Å². The maximum Gasteiger partial charge on any atom is 0.272 e. The summed E-state index contributed by atoms with van der Waals surface area (Å²) in [6, 6.07) is 12.2. The average Bonchev–Trinajstić information content (AvgIpc) is 2.66. The van der Waals surface area contributed by atoms with Gasteiger partial charge in [-0.3, -0.25) is 4.79 Å². The molecule has 1 aromatic heterocycles. The summed E-state index contributed by atoms with van der Waals surface area (Å²) in [5, 5.41) is 11.8. The van der Waals surface area contributed by atoms with E-state index in [0.717, 1.165) is 16.6 Å². The van der Waals surface area contributed by atoms with Gasteiger partial charge in [-0.2, -0.15) is 5.10 Å². The van der Waals surface area contributed by atoms with Gasteiger partial charge in [0.2, 0.25) is 0 Å². The third-order valence-corrected chi connectivity index (χ3v) is 8.09. The van der Waals surface area contributed by atoms with Crippen LogP contribution < -0.4 is 16.2 Å². The summed E-state index contributed by atoms with van der Waals surface area (Å²) in [5.41, 5.74) is 1.38. The van der Waals surface area contributed by atoms with Crippen molar-refractivity contribution in [1.82, 2.24) is 15.5 Å². The Morgan fingerprint density at radius 1 is 1.12 bits per heavy atom. The minimum atomic E-state index is -2.46. The molecule has 2 aromatic carbocycles. The monoisotopic (exact) mass is 372 g/mol. The van der Waals surface area contributed by atoms with Crippen LogP contribution in [0.15, 0.2) is 47.3 Å². The van der Waals surface area contributed by atoms with Crippen molar-refractivity contribution in [2.45, 2.75) is 6.42 Å². The van der Waals surface area contributed by atoms with E-state index < -0.39 is 7.49 Å². The summed E-state index contributed by atoms with van der Waals surface area (Å²) in [6.45, 7) is 1.42. The lowest BCUT2D eigenvalue weighted by Gasteiger charge is -2.25.